The smallest absolute Gasteiger partial charge is 0.257 e. The summed E-state index contributed by atoms with van der Waals surface area (Å²) >= 11 is 9.19. The van der Waals surface area contributed by atoms with Gasteiger partial charge in [-0.1, -0.05) is 11.6 Å². The van der Waals surface area contributed by atoms with Gasteiger partial charge in [0.1, 0.15) is 10.8 Å². The Hall–Kier alpha value is -0.650. The number of rotatable bonds is 2. The highest BCUT2D eigenvalue weighted by Crippen LogP contribution is 2.44. The van der Waals surface area contributed by atoms with Gasteiger partial charge in [-0.2, -0.15) is 0 Å². The highest BCUT2D eigenvalue weighted by atomic mass is 79.9. The Bertz CT molecular complexity index is 513. The number of halogens is 2. The lowest BCUT2D eigenvalue weighted by Crippen LogP contribution is -2.64. The third kappa shape index (κ3) is 2.04. The van der Waals surface area contributed by atoms with Crippen molar-refractivity contribution in [3.63, 3.8) is 0 Å². The molecular weight excluding hydrogens is 320 g/mol. The highest BCUT2D eigenvalue weighted by Gasteiger charge is 2.53. The van der Waals surface area contributed by atoms with Crippen molar-refractivity contribution < 1.29 is 9.90 Å². The van der Waals surface area contributed by atoms with Crippen molar-refractivity contribution in [3.8, 4) is 0 Å². The normalized spacial score (nSPS) is 21.6. The maximum absolute atomic E-state index is 12.2. The monoisotopic (exact) mass is 330 g/mol. The van der Waals surface area contributed by atoms with Gasteiger partial charge in [-0.05, 0) is 40.8 Å². The Labute approximate surface area is 118 Å². The minimum atomic E-state index is -0.665. The molecule has 1 aromatic heterocycles. The molecule has 0 atom stereocenters. The van der Waals surface area contributed by atoms with Crippen LogP contribution in [0, 0.1) is 5.92 Å². The Kier molecular flexibility index (Phi) is 2.88. The number of β-amino-alcohol motifs (C(OH)–C–C–N with tert-alkyl or cyclic N) is 1. The number of carbonyl (C=O) groups excluding carboxylic acids is 1. The van der Waals surface area contributed by atoms with Crippen LogP contribution in [-0.4, -0.2) is 39.6 Å². The van der Waals surface area contributed by atoms with E-state index in [1.807, 2.05) is 0 Å². The zero-order chi connectivity index (χ0) is 12.9. The summed E-state index contributed by atoms with van der Waals surface area (Å²) in [6, 6.07) is 1.66. The fourth-order valence-corrected chi connectivity index (χ4v) is 2.90. The van der Waals surface area contributed by atoms with E-state index in [0.29, 0.717) is 29.0 Å². The minimum absolute atomic E-state index is 0.167. The predicted molar refractivity (Wildman–Crippen MR) is 70.5 cm³/mol. The number of hydrogen-bond donors (Lipinski definition) is 1. The summed E-state index contributed by atoms with van der Waals surface area (Å²) in [5, 5.41) is 10.4. The lowest BCUT2D eigenvalue weighted by molar-refractivity contribution is -0.0958. The van der Waals surface area contributed by atoms with Gasteiger partial charge >= 0.3 is 0 Å². The van der Waals surface area contributed by atoms with Gasteiger partial charge in [0.2, 0.25) is 0 Å². The van der Waals surface area contributed by atoms with Crippen LogP contribution in [0.25, 0.3) is 0 Å². The quantitative estimate of drug-likeness (QED) is 0.844. The summed E-state index contributed by atoms with van der Waals surface area (Å²) in [4.78, 5) is 17.8. The van der Waals surface area contributed by atoms with Crippen LogP contribution < -0.4 is 0 Å². The fourth-order valence-electron chi connectivity index (χ4n) is 2.38. The first kappa shape index (κ1) is 12.4. The molecule has 2 fully saturated rings. The molecule has 2 heterocycles. The molecule has 1 N–H and O–H groups in total. The van der Waals surface area contributed by atoms with Crippen molar-refractivity contribution in [1.82, 2.24) is 9.88 Å². The summed E-state index contributed by atoms with van der Waals surface area (Å²) in [5.41, 5.74) is -0.287. The molecule has 18 heavy (non-hydrogen) atoms. The van der Waals surface area contributed by atoms with Gasteiger partial charge in [-0.15, -0.1) is 0 Å². The molecule has 1 aliphatic carbocycles. The molecule has 1 aliphatic heterocycles. The van der Waals surface area contributed by atoms with E-state index >= 15 is 0 Å². The largest absolute Gasteiger partial charge is 0.386 e. The molecule has 1 saturated carbocycles. The molecule has 2 aliphatic rings. The Morgan fingerprint density at radius 3 is 2.83 bits per heavy atom. The summed E-state index contributed by atoms with van der Waals surface area (Å²) in [6.07, 6.45) is 3.69. The van der Waals surface area contributed by atoms with E-state index in [1.54, 1.807) is 17.2 Å². The number of amides is 1. The van der Waals surface area contributed by atoms with E-state index in [0.717, 1.165) is 12.8 Å². The average molecular weight is 332 g/mol. The van der Waals surface area contributed by atoms with Crippen LogP contribution in [0.5, 0.6) is 0 Å². The summed E-state index contributed by atoms with van der Waals surface area (Å²) < 4.78 is 0.716. The third-order valence-electron chi connectivity index (χ3n) is 3.59. The van der Waals surface area contributed by atoms with Gasteiger partial charge in [0, 0.05) is 10.7 Å². The van der Waals surface area contributed by atoms with Crippen LogP contribution >= 0.6 is 27.5 Å². The number of aliphatic hydroxyl groups is 1. The molecule has 0 radical (unpaired) electrons. The molecule has 0 unspecified atom stereocenters. The Balaban J connectivity index is 1.74. The number of hydrogen-bond acceptors (Lipinski definition) is 3. The molecule has 1 saturated heterocycles. The second-order valence-corrected chi connectivity index (χ2v) is 6.30. The molecule has 1 aromatic rings. The van der Waals surface area contributed by atoms with Gasteiger partial charge in [0.15, 0.2) is 0 Å². The van der Waals surface area contributed by atoms with Crippen molar-refractivity contribution >= 4 is 33.4 Å². The first-order valence-electron chi connectivity index (χ1n) is 5.82. The number of pyridine rings is 1. The lowest BCUT2D eigenvalue weighted by Gasteiger charge is -2.47. The zero-order valence-electron chi connectivity index (χ0n) is 9.57. The van der Waals surface area contributed by atoms with Gasteiger partial charge in [-0.3, -0.25) is 4.79 Å². The van der Waals surface area contributed by atoms with Crippen LogP contribution in [0.15, 0.2) is 16.7 Å². The number of likely N-dealkylation sites (tertiary alicyclic amines) is 1. The van der Waals surface area contributed by atoms with Gasteiger partial charge in [0.25, 0.3) is 5.91 Å². The van der Waals surface area contributed by atoms with Crippen LogP contribution in [0.3, 0.4) is 0 Å². The van der Waals surface area contributed by atoms with Crippen LogP contribution in [0.1, 0.15) is 23.2 Å². The molecule has 4 nitrogen and oxygen atoms in total. The molecular formula is C12H12BrClN2O2. The summed E-state index contributed by atoms with van der Waals surface area (Å²) in [6.45, 7) is 0.804. The molecule has 0 bridgehead atoms. The van der Waals surface area contributed by atoms with Gasteiger partial charge in [0.05, 0.1) is 18.7 Å². The molecule has 96 valence electrons. The first-order chi connectivity index (χ1) is 8.49. The van der Waals surface area contributed by atoms with E-state index in [-0.39, 0.29) is 11.1 Å². The molecule has 0 spiro atoms. The van der Waals surface area contributed by atoms with Crippen molar-refractivity contribution in [2.24, 2.45) is 5.92 Å². The molecule has 3 rings (SSSR count). The number of aromatic nitrogens is 1. The van der Waals surface area contributed by atoms with Crippen molar-refractivity contribution in [2.75, 3.05) is 13.1 Å². The first-order valence-corrected chi connectivity index (χ1v) is 6.99. The zero-order valence-corrected chi connectivity index (χ0v) is 11.9. The predicted octanol–water partition coefficient (Wildman–Crippen LogP) is 2.09. The van der Waals surface area contributed by atoms with Crippen molar-refractivity contribution in [2.45, 2.75) is 18.4 Å². The van der Waals surface area contributed by atoms with E-state index in [4.69, 9.17) is 11.6 Å². The molecule has 1 amide bonds. The topological polar surface area (TPSA) is 53.4 Å². The summed E-state index contributed by atoms with van der Waals surface area (Å²) in [5.74, 6) is 0.205. The second-order valence-electron chi connectivity index (χ2n) is 5.03. The molecule has 0 aromatic carbocycles. The minimum Gasteiger partial charge on any atom is -0.386 e. The SMILES string of the molecule is O=C(c1cc(Br)cnc1Cl)N1CC(O)(C2CC2)C1. The maximum Gasteiger partial charge on any atom is 0.257 e. The maximum atomic E-state index is 12.2. The lowest BCUT2D eigenvalue weighted by atomic mass is 9.88. The highest BCUT2D eigenvalue weighted by molar-refractivity contribution is 9.10. The average Bonchev–Trinajstić information content (AvgIpc) is 3.11. The van der Waals surface area contributed by atoms with E-state index < -0.39 is 5.60 Å². The van der Waals surface area contributed by atoms with Crippen molar-refractivity contribution in [3.05, 3.63) is 27.5 Å². The Morgan fingerprint density at radius 1 is 1.56 bits per heavy atom. The van der Waals surface area contributed by atoms with Crippen LogP contribution in [0.2, 0.25) is 5.15 Å². The van der Waals surface area contributed by atoms with Crippen molar-refractivity contribution in [1.29, 1.82) is 0 Å². The van der Waals surface area contributed by atoms with E-state index in [2.05, 4.69) is 20.9 Å². The van der Waals surface area contributed by atoms with E-state index in [9.17, 15) is 9.90 Å². The van der Waals surface area contributed by atoms with Crippen LogP contribution in [-0.2, 0) is 0 Å². The van der Waals surface area contributed by atoms with Gasteiger partial charge < -0.3 is 10.0 Å². The molecule has 6 heteroatoms. The third-order valence-corrected chi connectivity index (χ3v) is 4.32. The second kappa shape index (κ2) is 4.18. The number of nitrogens with zero attached hydrogens (tertiary/aromatic N) is 2. The Morgan fingerprint density at radius 2 is 2.22 bits per heavy atom. The summed E-state index contributed by atoms with van der Waals surface area (Å²) in [7, 11) is 0. The van der Waals surface area contributed by atoms with Gasteiger partial charge in [-0.25, -0.2) is 4.98 Å². The fraction of sp³-hybridized carbons (Fsp3) is 0.500. The number of carbonyl (C=O) groups is 1. The van der Waals surface area contributed by atoms with Crippen LogP contribution in [0.4, 0.5) is 0 Å². The van der Waals surface area contributed by atoms with E-state index in [1.165, 1.54) is 0 Å². The standard InChI is InChI=1S/C12H12BrClN2O2/c13-8-3-9(10(14)15-4-8)11(17)16-5-12(18,6-16)7-1-2-7/h3-4,7,18H,1-2,5-6H2.